The Kier molecular flexibility index (Phi) is 11.0. The van der Waals surface area contributed by atoms with Gasteiger partial charge in [-0.2, -0.15) is 0 Å². The predicted octanol–water partition coefficient (Wildman–Crippen LogP) is 5.47. The smallest absolute Gasteiger partial charge is 0.344 e. The third-order valence-corrected chi connectivity index (χ3v) is 6.04. The van der Waals surface area contributed by atoms with Gasteiger partial charge in [-0.3, -0.25) is 9.59 Å². The van der Waals surface area contributed by atoms with Crippen LogP contribution in [-0.2, 0) is 19.1 Å². The van der Waals surface area contributed by atoms with E-state index in [0.717, 1.165) is 0 Å². The van der Waals surface area contributed by atoms with E-state index in [1.807, 2.05) is 12.1 Å². The molecule has 0 heterocycles. The Balaban J connectivity index is 1.08. The predicted molar refractivity (Wildman–Crippen MR) is 155 cm³/mol. The first kappa shape index (κ1) is 29.7. The molecule has 4 aromatic carbocycles. The second-order valence-corrected chi connectivity index (χ2v) is 9.17. The molecular formula is C34H30O8. The van der Waals surface area contributed by atoms with Crippen LogP contribution in [0.3, 0.4) is 0 Å². The Morgan fingerprint density at radius 1 is 0.452 bits per heavy atom. The third-order valence-electron chi connectivity index (χ3n) is 6.04. The van der Waals surface area contributed by atoms with Gasteiger partial charge in [0, 0.05) is 22.3 Å². The molecule has 42 heavy (non-hydrogen) atoms. The lowest BCUT2D eigenvalue weighted by Gasteiger charge is -2.09. The Morgan fingerprint density at radius 2 is 0.833 bits per heavy atom. The number of rotatable bonds is 15. The number of carbonyl (C=O) groups excluding carboxylic acids is 4. The molecule has 214 valence electrons. The molecule has 0 saturated carbocycles. The first-order valence-electron chi connectivity index (χ1n) is 13.5. The molecule has 0 atom stereocenters. The van der Waals surface area contributed by atoms with Crippen molar-refractivity contribution in [2.24, 2.45) is 0 Å². The highest BCUT2D eigenvalue weighted by Gasteiger charge is 2.12. The molecule has 0 aliphatic rings. The fraction of sp³-hybridized carbons (Fsp3) is 0.176. The van der Waals surface area contributed by atoms with Crippen molar-refractivity contribution in [3.8, 4) is 11.5 Å². The molecule has 0 amide bonds. The van der Waals surface area contributed by atoms with E-state index in [2.05, 4.69) is 0 Å². The molecule has 8 heteroatoms. The number of esters is 2. The largest absolute Gasteiger partial charge is 0.482 e. The number of unbranched alkanes of at least 4 members (excludes halogenated alkanes) is 1. The first-order chi connectivity index (χ1) is 20.5. The van der Waals surface area contributed by atoms with E-state index in [9.17, 15) is 19.2 Å². The fourth-order valence-corrected chi connectivity index (χ4v) is 3.91. The van der Waals surface area contributed by atoms with Crippen LogP contribution in [0.25, 0.3) is 0 Å². The van der Waals surface area contributed by atoms with E-state index in [1.54, 1.807) is 97.1 Å². The van der Waals surface area contributed by atoms with Gasteiger partial charge in [0.2, 0.25) is 0 Å². The quantitative estimate of drug-likeness (QED) is 0.106. The maximum atomic E-state index is 12.6. The average Bonchev–Trinajstić information content (AvgIpc) is 3.04. The number of hydrogen-bond donors (Lipinski definition) is 0. The third kappa shape index (κ3) is 9.16. The number of ether oxygens (including phenoxy) is 4. The highest BCUT2D eigenvalue weighted by Crippen LogP contribution is 2.18. The van der Waals surface area contributed by atoms with Crippen LogP contribution in [0.15, 0.2) is 109 Å². The Morgan fingerprint density at radius 3 is 1.24 bits per heavy atom. The summed E-state index contributed by atoms with van der Waals surface area (Å²) in [7, 11) is 0. The minimum atomic E-state index is -0.548. The van der Waals surface area contributed by atoms with Crippen LogP contribution in [0.5, 0.6) is 11.5 Å². The second-order valence-electron chi connectivity index (χ2n) is 9.17. The Labute approximate surface area is 243 Å². The lowest BCUT2D eigenvalue weighted by atomic mass is 10.0. The van der Waals surface area contributed by atoms with Crippen molar-refractivity contribution < 1.29 is 38.1 Å². The van der Waals surface area contributed by atoms with Crippen LogP contribution in [0.1, 0.15) is 44.7 Å². The van der Waals surface area contributed by atoms with Crippen molar-refractivity contribution in [2.75, 3.05) is 26.4 Å². The molecule has 0 spiro atoms. The normalized spacial score (nSPS) is 10.4. The molecule has 0 saturated heterocycles. The molecule has 0 aliphatic carbocycles. The summed E-state index contributed by atoms with van der Waals surface area (Å²) < 4.78 is 21.3. The van der Waals surface area contributed by atoms with Gasteiger partial charge in [0.25, 0.3) is 0 Å². The molecule has 0 N–H and O–H groups in total. The molecule has 4 rings (SSSR count). The average molecular weight is 567 g/mol. The summed E-state index contributed by atoms with van der Waals surface area (Å²) in [6, 6.07) is 31.0. The Hall–Kier alpha value is -5.24. The number of hydrogen-bond acceptors (Lipinski definition) is 8. The van der Waals surface area contributed by atoms with E-state index < -0.39 is 11.9 Å². The summed E-state index contributed by atoms with van der Waals surface area (Å²) in [5, 5.41) is 0. The van der Waals surface area contributed by atoms with Crippen molar-refractivity contribution in [2.45, 2.75) is 12.8 Å². The number of carbonyl (C=O) groups is 4. The number of ketones is 2. The topological polar surface area (TPSA) is 105 Å². The van der Waals surface area contributed by atoms with E-state index in [0.29, 0.717) is 46.6 Å². The molecule has 4 aromatic rings. The van der Waals surface area contributed by atoms with Gasteiger partial charge in [-0.05, 0) is 37.1 Å². The van der Waals surface area contributed by atoms with Crippen molar-refractivity contribution in [3.05, 3.63) is 131 Å². The van der Waals surface area contributed by atoms with Gasteiger partial charge in [-0.15, -0.1) is 0 Å². The molecular weight excluding hydrogens is 536 g/mol. The monoisotopic (exact) mass is 566 g/mol. The molecule has 0 radical (unpaired) electrons. The highest BCUT2D eigenvalue weighted by atomic mass is 16.6. The van der Waals surface area contributed by atoms with Crippen LogP contribution in [0.4, 0.5) is 0 Å². The van der Waals surface area contributed by atoms with Gasteiger partial charge in [-0.25, -0.2) is 9.59 Å². The SMILES string of the molecule is O=C(COc1cccc(C(=O)c2ccccc2)c1)OCCCCOC(=O)COc1cccc(C(=O)c2ccccc2)c1. The van der Waals surface area contributed by atoms with Gasteiger partial charge in [0.05, 0.1) is 13.2 Å². The Bertz CT molecular complexity index is 1380. The van der Waals surface area contributed by atoms with Crippen LogP contribution in [0, 0.1) is 0 Å². The van der Waals surface area contributed by atoms with Crippen LogP contribution < -0.4 is 9.47 Å². The summed E-state index contributed by atoms with van der Waals surface area (Å²) in [6.45, 7) is -0.309. The van der Waals surface area contributed by atoms with Crippen molar-refractivity contribution in [1.29, 1.82) is 0 Å². The van der Waals surface area contributed by atoms with E-state index in [1.165, 1.54) is 0 Å². The minimum Gasteiger partial charge on any atom is -0.482 e. The second kappa shape index (κ2) is 15.5. The zero-order chi connectivity index (χ0) is 29.6. The van der Waals surface area contributed by atoms with Gasteiger partial charge in [0.1, 0.15) is 11.5 Å². The first-order valence-corrected chi connectivity index (χ1v) is 13.5. The van der Waals surface area contributed by atoms with Gasteiger partial charge in [-0.1, -0.05) is 84.9 Å². The molecule has 0 fully saturated rings. The zero-order valence-electron chi connectivity index (χ0n) is 22.9. The van der Waals surface area contributed by atoms with Crippen LogP contribution in [-0.4, -0.2) is 49.9 Å². The lowest BCUT2D eigenvalue weighted by Crippen LogP contribution is -2.17. The highest BCUT2D eigenvalue weighted by molar-refractivity contribution is 6.09. The van der Waals surface area contributed by atoms with Crippen LogP contribution >= 0.6 is 0 Å². The lowest BCUT2D eigenvalue weighted by molar-refractivity contribution is -0.148. The van der Waals surface area contributed by atoms with Crippen molar-refractivity contribution in [3.63, 3.8) is 0 Å². The van der Waals surface area contributed by atoms with E-state index >= 15 is 0 Å². The zero-order valence-corrected chi connectivity index (χ0v) is 22.9. The minimum absolute atomic E-state index is 0.139. The van der Waals surface area contributed by atoms with Crippen LogP contribution in [0.2, 0.25) is 0 Å². The number of benzene rings is 4. The summed E-state index contributed by atoms with van der Waals surface area (Å²) in [5.74, 6) is -0.600. The molecule has 0 bridgehead atoms. The molecule has 0 aromatic heterocycles. The summed E-state index contributed by atoms with van der Waals surface area (Å²) >= 11 is 0. The maximum Gasteiger partial charge on any atom is 0.344 e. The molecule has 0 aliphatic heterocycles. The summed E-state index contributed by atoms with van der Waals surface area (Å²) in [6.07, 6.45) is 0.981. The fourth-order valence-electron chi connectivity index (χ4n) is 3.91. The summed E-state index contributed by atoms with van der Waals surface area (Å²) in [5.41, 5.74) is 2.04. The van der Waals surface area contributed by atoms with Crippen molar-refractivity contribution in [1.82, 2.24) is 0 Å². The molecule has 0 unspecified atom stereocenters. The molecule has 8 nitrogen and oxygen atoms in total. The van der Waals surface area contributed by atoms with Crippen molar-refractivity contribution >= 4 is 23.5 Å². The van der Waals surface area contributed by atoms with Gasteiger partial charge in [0.15, 0.2) is 24.8 Å². The van der Waals surface area contributed by atoms with Gasteiger partial charge < -0.3 is 18.9 Å². The van der Waals surface area contributed by atoms with Gasteiger partial charge >= 0.3 is 11.9 Å². The summed E-state index contributed by atoms with van der Waals surface area (Å²) in [4.78, 5) is 49.2. The standard InChI is InChI=1S/C34H30O8/c35-31(23-41-29-17-9-15-27(21-29)33(37)25-11-3-1-4-12-25)39-19-7-8-20-40-32(36)24-42-30-18-10-16-28(22-30)34(38)26-13-5-2-6-14-26/h1-6,9-18,21-22H,7-8,19-20,23-24H2. The van der Waals surface area contributed by atoms with E-state index in [4.69, 9.17) is 18.9 Å². The maximum absolute atomic E-state index is 12.6. The van der Waals surface area contributed by atoms with E-state index in [-0.39, 0.29) is 38.0 Å².